The number of cyclic esters (lactones) is 2. The molecule has 2 saturated carbocycles. The lowest BCUT2D eigenvalue weighted by molar-refractivity contribution is -0.289. The van der Waals surface area contributed by atoms with Crippen molar-refractivity contribution >= 4 is 11.9 Å². The Morgan fingerprint density at radius 3 is 1.50 bits per heavy atom. The number of ether oxygens (including phenoxy) is 2. The summed E-state index contributed by atoms with van der Waals surface area (Å²) in [6, 6.07) is 0. The molecule has 0 aromatic rings. The zero-order chi connectivity index (χ0) is 14.0. The maximum atomic E-state index is 11.9. The monoisotopic (exact) mass is 280 g/mol. The summed E-state index contributed by atoms with van der Waals surface area (Å²) in [6.07, 6.45) is 10.9. The number of carbonyl (C=O) groups excluding carboxylic acids is 2. The Morgan fingerprint density at radius 1 is 0.700 bits per heavy atom. The number of hydrogen-bond donors (Lipinski definition) is 0. The Balaban J connectivity index is 1.87. The fourth-order valence-electron chi connectivity index (χ4n) is 4.24. The molecule has 0 radical (unpaired) electrons. The summed E-state index contributed by atoms with van der Waals surface area (Å²) in [4.78, 5) is 23.7. The molecule has 0 aromatic heterocycles. The highest BCUT2D eigenvalue weighted by molar-refractivity contribution is 5.93. The van der Waals surface area contributed by atoms with Gasteiger partial charge >= 0.3 is 11.9 Å². The number of carbonyl (C=O) groups is 2. The van der Waals surface area contributed by atoms with Gasteiger partial charge in [-0.2, -0.15) is 0 Å². The lowest BCUT2D eigenvalue weighted by Crippen LogP contribution is -2.56. The Morgan fingerprint density at radius 2 is 1.10 bits per heavy atom. The highest BCUT2D eigenvalue weighted by Gasteiger charge is 2.54. The fraction of sp³-hybridized carbons (Fsp3) is 0.875. The molecule has 1 heterocycles. The van der Waals surface area contributed by atoms with E-state index < -0.39 is 17.7 Å². The molecule has 0 N–H and O–H groups in total. The Hall–Kier alpha value is -1.06. The van der Waals surface area contributed by atoms with Crippen molar-refractivity contribution in [3.8, 4) is 0 Å². The number of rotatable bonds is 2. The first-order chi connectivity index (χ1) is 9.71. The van der Waals surface area contributed by atoms with E-state index in [1.165, 1.54) is 12.8 Å². The molecule has 3 rings (SSSR count). The van der Waals surface area contributed by atoms with Crippen molar-refractivity contribution in [3.05, 3.63) is 0 Å². The van der Waals surface area contributed by atoms with Gasteiger partial charge < -0.3 is 9.47 Å². The second-order valence-electron chi connectivity index (χ2n) is 6.52. The van der Waals surface area contributed by atoms with Crippen molar-refractivity contribution in [1.29, 1.82) is 0 Å². The second-order valence-corrected chi connectivity index (χ2v) is 6.52. The van der Waals surface area contributed by atoms with Crippen LogP contribution in [-0.2, 0) is 19.1 Å². The summed E-state index contributed by atoms with van der Waals surface area (Å²) in [5.74, 6) is -1.32. The zero-order valence-corrected chi connectivity index (χ0v) is 12.1. The zero-order valence-electron chi connectivity index (χ0n) is 12.1. The number of esters is 2. The molecule has 4 heteroatoms. The lowest BCUT2D eigenvalue weighted by atomic mass is 9.72. The van der Waals surface area contributed by atoms with E-state index in [0.29, 0.717) is 0 Å². The molecule has 3 aliphatic rings. The highest BCUT2D eigenvalue weighted by Crippen LogP contribution is 2.47. The van der Waals surface area contributed by atoms with Crippen LogP contribution in [0, 0.1) is 11.8 Å². The van der Waals surface area contributed by atoms with E-state index in [1.54, 1.807) is 0 Å². The van der Waals surface area contributed by atoms with Crippen LogP contribution in [0.5, 0.6) is 0 Å². The molecule has 0 aromatic carbocycles. The normalized spacial score (nSPS) is 28.8. The first kappa shape index (κ1) is 13.9. The van der Waals surface area contributed by atoms with Gasteiger partial charge in [-0.1, -0.05) is 38.5 Å². The standard InChI is InChI=1S/C16H24O4/c17-14-11-15(18)20-16(19-14,12-7-3-1-4-8-12)13-9-5-2-6-10-13/h12-13H,1-11H2. The molecule has 112 valence electrons. The van der Waals surface area contributed by atoms with Crippen molar-refractivity contribution < 1.29 is 19.1 Å². The molecule has 0 atom stereocenters. The summed E-state index contributed by atoms with van der Waals surface area (Å²) >= 11 is 0. The van der Waals surface area contributed by atoms with Gasteiger partial charge in [0.05, 0.1) is 0 Å². The SMILES string of the molecule is O=C1CC(=O)OC(C2CCCCC2)(C2CCCCC2)O1. The third kappa shape index (κ3) is 2.57. The molecular formula is C16H24O4. The van der Waals surface area contributed by atoms with Gasteiger partial charge in [0.2, 0.25) is 0 Å². The molecule has 0 spiro atoms. The van der Waals surface area contributed by atoms with Gasteiger partial charge in [0.1, 0.15) is 6.42 Å². The molecule has 3 fully saturated rings. The van der Waals surface area contributed by atoms with Crippen molar-refractivity contribution in [1.82, 2.24) is 0 Å². The summed E-state index contributed by atoms with van der Waals surface area (Å²) in [7, 11) is 0. The van der Waals surface area contributed by atoms with Crippen molar-refractivity contribution in [2.24, 2.45) is 11.8 Å². The fourth-order valence-corrected chi connectivity index (χ4v) is 4.24. The first-order valence-corrected chi connectivity index (χ1v) is 8.14. The van der Waals surface area contributed by atoms with E-state index in [2.05, 4.69) is 0 Å². The minimum absolute atomic E-state index is 0.201. The topological polar surface area (TPSA) is 52.6 Å². The Labute approximate surface area is 120 Å². The second kappa shape index (κ2) is 5.74. The molecule has 20 heavy (non-hydrogen) atoms. The minimum Gasteiger partial charge on any atom is -0.421 e. The molecule has 0 unspecified atom stereocenters. The predicted molar refractivity (Wildman–Crippen MR) is 72.7 cm³/mol. The average molecular weight is 280 g/mol. The van der Waals surface area contributed by atoms with Gasteiger partial charge in [0.25, 0.3) is 5.79 Å². The van der Waals surface area contributed by atoms with E-state index in [-0.39, 0.29) is 18.3 Å². The molecule has 1 saturated heterocycles. The third-order valence-electron chi connectivity index (χ3n) is 5.18. The van der Waals surface area contributed by atoms with Gasteiger partial charge in [-0.25, -0.2) is 0 Å². The van der Waals surface area contributed by atoms with Gasteiger partial charge in [0.15, 0.2) is 0 Å². The molecular weight excluding hydrogens is 256 g/mol. The van der Waals surface area contributed by atoms with Crippen LogP contribution in [0.3, 0.4) is 0 Å². The highest BCUT2D eigenvalue weighted by atomic mass is 16.7. The molecule has 1 aliphatic heterocycles. The predicted octanol–water partition coefficient (Wildman–Crippen LogP) is 3.33. The Bertz CT molecular complexity index is 342. The largest absolute Gasteiger partial charge is 0.421 e. The quantitative estimate of drug-likeness (QED) is 0.575. The minimum atomic E-state index is -0.937. The maximum Gasteiger partial charge on any atom is 0.320 e. The van der Waals surface area contributed by atoms with Crippen LogP contribution in [-0.4, -0.2) is 17.7 Å². The van der Waals surface area contributed by atoms with E-state index in [4.69, 9.17) is 9.47 Å². The van der Waals surface area contributed by atoms with Crippen LogP contribution in [0.2, 0.25) is 0 Å². The lowest BCUT2D eigenvalue weighted by Gasteiger charge is -2.48. The van der Waals surface area contributed by atoms with E-state index >= 15 is 0 Å². The summed E-state index contributed by atoms with van der Waals surface area (Å²) in [5.41, 5.74) is 0. The van der Waals surface area contributed by atoms with Gasteiger partial charge in [-0.3, -0.25) is 9.59 Å². The van der Waals surface area contributed by atoms with Crippen molar-refractivity contribution in [2.45, 2.75) is 76.4 Å². The van der Waals surface area contributed by atoms with E-state index in [0.717, 1.165) is 51.4 Å². The van der Waals surface area contributed by atoms with Gasteiger partial charge in [-0.05, 0) is 25.7 Å². The van der Waals surface area contributed by atoms with Crippen LogP contribution >= 0.6 is 0 Å². The Kier molecular flexibility index (Phi) is 3.99. The summed E-state index contributed by atoms with van der Waals surface area (Å²) in [6.45, 7) is 0. The third-order valence-corrected chi connectivity index (χ3v) is 5.18. The molecule has 2 aliphatic carbocycles. The van der Waals surface area contributed by atoms with E-state index in [1.807, 2.05) is 0 Å². The van der Waals surface area contributed by atoms with Crippen molar-refractivity contribution in [3.63, 3.8) is 0 Å². The molecule has 0 bridgehead atoms. The maximum absolute atomic E-state index is 11.9. The average Bonchev–Trinajstić information content (AvgIpc) is 2.48. The number of hydrogen-bond acceptors (Lipinski definition) is 4. The van der Waals surface area contributed by atoms with Crippen LogP contribution in [0.25, 0.3) is 0 Å². The van der Waals surface area contributed by atoms with E-state index in [9.17, 15) is 9.59 Å². The van der Waals surface area contributed by atoms with Gasteiger partial charge in [0, 0.05) is 11.8 Å². The first-order valence-electron chi connectivity index (χ1n) is 8.14. The van der Waals surface area contributed by atoms with Crippen LogP contribution < -0.4 is 0 Å². The van der Waals surface area contributed by atoms with Crippen molar-refractivity contribution in [2.75, 3.05) is 0 Å². The smallest absolute Gasteiger partial charge is 0.320 e. The van der Waals surface area contributed by atoms with Crippen LogP contribution in [0.15, 0.2) is 0 Å². The van der Waals surface area contributed by atoms with Crippen LogP contribution in [0.4, 0.5) is 0 Å². The van der Waals surface area contributed by atoms with Gasteiger partial charge in [-0.15, -0.1) is 0 Å². The summed E-state index contributed by atoms with van der Waals surface area (Å²) in [5, 5.41) is 0. The molecule has 0 amide bonds. The summed E-state index contributed by atoms with van der Waals surface area (Å²) < 4.78 is 11.5. The van der Waals surface area contributed by atoms with Crippen LogP contribution in [0.1, 0.15) is 70.6 Å². The molecule has 4 nitrogen and oxygen atoms in total.